The minimum Gasteiger partial charge on any atom is -0.481 e. The molecule has 0 aliphatic carbocycles. The summed E-state index contributed by atoms with van der Waals surface area (Å²) >= 11 is 0. The molecule has 1 atom stereocenters. The molecule has 1 heterocycles. The van der Waals surface area contributed by atoms with E-state index in [-0.39, 0.29) is 12.6 Å². The first-order valence-electron chi connectivity index (χ1n) is 4.19. The molecule has 0 saturated carbocycles. The van der Waals surface area contributed by atoms with E-state index in [0.717, 1.165) is 5.57 Å². The molecule has 0 spiro atoms. The van der Waals surface area contributed by atoms with E-state index < -0.39 is 0 Å². The number of hydrogen-bond donors (Lipinski definition) is 1. The van der Waals surface area contributed by atoms with Crippen molar-refractivity contribution in [2.45, 2.75) is 13.0 Å². The molecule has 1 radical (unpaired) electrons. The molecule has 4 nitrogen and oxygen atoms in total. The second kappa shape index (κ2) is 4.28. The number of rotatable bonds is 3. The summed E-state index contributed by atoms with van der Waals surface area (Å²) in [6, 6.07) is -0.000370. The van der Waals surface area contributed by atoms with E-state index in [9.17, 15) is 0 Å². The first kappa shape index (κ1) is 10.1. The molecule has 0 aromatic heterocycles. The molecule has 0 amide bonds. The van der Waals surface area contributed by atoms with E-state index in [1.54, 1.807) is 13.4 Å². The number of ether oxygens (including phenoxy) is 1. The predicted octanol–water partition coefficient (Wildman–Crippen LogP) is 0.403. The van der Waals surface area contributed by atoms with Gasteiger partial charge in [-0.1, -0.05) is 0 Å². The molecule has 4 heteroatoms. The highest BCUT2D eigenvalue weighted by molar-refractivity contribution is 5.60. The summed E-state index contributed by atoms with van der Waals surface area (Å²) in [6.07, 6.45) is 1.65. The van der Waals surface area contributed by atoms with Gasteiger partial charge in [-0.3, -0.25) is 0 Å². The zero-order chi connectivity index (χ0) is 9.84. The predicted molar refractivity (Wildman–Crippen MR) is 51.1 cm³/mol. The van der Waals surface area contributed by atoms with E-state index in [1.807, 2.05) is 11.8 Å². The van der Waals surface area contributed by atoms with Crippen molar-refractivity contribution < 1.29 is 9.84 Å². The molecule has 0 aromatic carbocycles. The normalized spacial score (nSPS) is 22.5. The lowest BCUT2D eigenvalue weighted by Gasteiger charge is -2.30. The highest BCUT2D eigenvalue weighted by Gasteiger charge is 2.19. The minimum absolute atomic E-state index is 0.000370. The molecule has 13 heavy (non-hydrogen) atoms. The number of aliphatic hydroxyl groups is 1. The summed E-state index contributed by atoms with van der Waals surface area (Å²) in [7, 11) is 1.59. The third-order valence-electron chi connectivity index (χ3n) is 2.11. The van der Waals surface area contributed by atoms with E-state index in [0.29, 0.717) is 12.4 Å². The van der Waals surface area contributed by atoms with Gasteiger partial charge in [-0.15, -0.1) is 0 Å². The molecule has 1 unspecified atom stereocenters. The van der Waals surface area contributed by atoms with Gasteiger partial charge < -0.3 is 14.7 Å². The number of methoxy groups -OCH3 is 1. The van der Waals surface area contributed by atoms with E-state index in [1.165, 1.54) is 0 Å². The highest BCUT2D eigenvalue weighted by Crippen LogP contribution is 2.18. The maximum absolute atomic E-state index is 8.77. The number of aliphatic imine (C=N–C) groups is 1. The van der Waals surface area contributed by atoms with Crippen molar-refractivity contribution >= 4 is 6.34 Å². The Bertz CT molecular complexity index is 236. The van der Waals surface area contributed by atoms with Crippen LogP contribution in [0.3, 0.4) is 0 Å². The summed E-state index contributed by atoms with van der Waals surface area (Å²) in [5.74, 6) is 0.620. The fourth-order valence-corrected chi connectivity index (χ4v) is 1.24. The van der Waals surface area contributed by atoms with Crippen LogP contribution < -0.4 is 0 Å². The SMILES string of the molecule is [CH2]C1C(C)=C(OC)N=CN1CCO. The van der Waals surface area contributed by atoms with Crippen LogP contribution in [0.4, 0.5) is 0 Å². The maximum Gasteiger partial charge on any atom is 0.215 e. The monoisotopic (exact) mass is 183 g/mol. The third kappa shape index (κ3) is 2.01. The lowest BCUT2D eigenvalue weighted by Crippen LogP contribution is -2.38. The zero-order valence-corrected chi connectivity index (χ0v) is 8.03. The smallest absolute Gasteiger partial charge is 0.215 e. The van der Waals surface area contributed by atoms with Gasteiger partial charge in [0, 0.05) is 12.1 Å². The molecule has 0 aromatic rings. The van der Waals surface area contributed by atoms with Gasteiger partial charge in [0.25, 0.3) is 0 Å². The van der Waals surface area contributed by atoms with E-state index >= 15 is 0 Å². The van der Waals surface area contributed by atoms with Crippen LogP contribution in [0.2, 0.25) is 0 Å². The Morgan fingerprint density at radius 1 is 1.77 bits per heavy atom. The van der Waals surface area contributed by atoms with Crippen molar-refractivity contribution in [2.75, 3.05) is 20.3 Å². The summed E-state index contributed by atoms with van der Waals surface area (Å²) in [6.45, 7) is 6.54. The van der Waals surface area contributed by atoms with Gasteiger partial charge in [0.15, 0.2) is 0 Å². The van der Waals surface area contributed by atoms with E-state index in [4.69, 9.17) is 9.84 Å². The van der Waals surface area contributed by atoms with Gasteiger partial charge in [0.1, 0.15) is 0 Å². The topological polar surface area (TPSA) is 45.1 Å². The highest BCUT2D eigenvalue weighted by atomic mass is 16.5. The molecule has 73 valence electrons. The lowest BCUT2D eigenvalue weighted by molar-refractivity contribution is 0.228. The molecule has 1 N–H and O–H groups in total. The van der Waals surface area contributed by atoms with Crippen molar-refractivity contribution in [2.24, 2.45) is 4.99 Å². The number of aliphatic hydroxyl groups excluding tert-OH is 1. The van der Waals surface area contributed by atoms with Gasteiger partial charge in [0.2, 0.25) is 5.88 Å². The van der Waals surface area contributed by atoms with Gasteiger partial charge in [-0.2, -0.15) is 0 Å². The fraction of sp³-hybridized carbons (Fsp3) is 0.556. The van der Waals surface area contributed by atoms with Crippen LogP contribution in [-0.4, -0.2) is 42.6 Å². The average molecular weight is 183 g/mol. The molecule has 0 fully saturated rings. The fourth-order valence-electron chi connectivity index (χ4n) is 1.24. The van der Waals surface area contributed by atoms with Crippen molar-refractivity contribution in [3.63, 3.8) is 0 Å². The van der Waals surface area contributed by atoms with Crippen molar-refractivity contribution in [1.82, 2.24) is 4.90 Å². The Labute approximate surface area is 78.5 Å². The standard InChI is InChI=1S/C9H15N2O2/c1-7-8(2)11(4-5-12)6-10-9(7)13-3/h6,8,12H,2,4-5H2,1,3H3. The maximum atomic E-state index is 8.77. The minimum atomic E-state index is -0.000370. The molecule has 0 saturated heterocycles. The molecular weight excluding hydrogens is 168 g/mol. The second-order valence-electron chi connectivity index (χ2n) is 2.91. The van der Waals surface area contributed by atoms with Gasteiger partial charge >= 0.3 is 0 Å². The first-order valence-corrected chi connectivity index (χ1v) is 4.19. The Morgan fingerprint density at radius 3 is 3.00 bits per heavy atom. The largest absolute Gasteiger partial charge is 0.481 e. The van der Waals surface area contributed by atoms with Crippen molar-refractivity contribution in [1.29, 1.82) is 0 Å². The van der Waals surface area contributed by atoms with Crippen molar-refractivity contribution in [3.05, 3.63) is 18.4 Å². The van der Waals surface area contributed by atoms with Gasteiger partial charge in [-0.05, 0) is 13.8 Å². The summed E-state index contributed by atoms with van der Waals surface area (Å²) in [4.78, 5) is 5.96. The number of nitrogens with zero attached hydrogens (tertiary/aromatic N) is 2. The Balaban J connectivity index is 2.74. The molecule has 1 rings (SSSR count). The number of hydrogen-bond acceptors (Lipinski definition) is 4. The quantitative estimate of drug-likeness (QED) is 0.689. The first-order chi connectivity index (χ1) is 6.20. The van der Waals surface area contributed by atoms with Crippen molar-refractivity contribution in [3.8, 4) is 0 Å². The van der Waals surface area contributed by atoms with Crippen LogP contribution in [0.1, 0.15) is 6.92 Å². The zero-order valence-electron chi connectivity index (χ0n) is 8.03. The number of β-amino-alcohol motifs (C(OH)–C–C–N with tert-alkyl or cyclic N) is 1. The van der Waals surface area contributed by atoms with Crippen LogP contribution >= 0.6 is 0 Å². The third-order valence-corrected chi connectivity index (χ3v) is 2.11. The van der Waals surface area contributed by atoms with Crippen LogP contribution in [0.5, 0.6) is 0 Å². The Morgan fingerprint density at radius 2 is 2.46 bits per heavy atom. The average Bonchev–Trinajstić information content (AvgIpc) is 2.14. The molecule has 0 bridgehead atoms. The molecule has 1 aliphatic heterocycles. The summed E-state index contributed by atoms with van der Waals surface area (Å²) < 4.78 is 5.05. The van der Waals surface area contributed by atoms with Crippen LogP contribution in [0.15, 0.2) is 16.4 Å². The van der Waals surface area contributed by atoms with Gasteiger partial charge in [0.05, 0.1) is 26.1 Å². The Kier molecular flexibility index (Phi) is 3.31. The summed E-state index contributed by atoms with van der Waals surface area (Å²) in [5, 5.41) is 8.77. The lowest BCUT2D eigenvalue weighted by atomic mass is 10.1. The van der Waals surface area contributed by atoms with Gasteiger partial charge in [-0.25, -0.2) is 4.99 Å². The second-order valence-corrected chi connectivity index (χ2v) is 2.91. The van der Waals surface area contributed by atoms with Crippen LogP contribution in [-0.2, 0) is 4.74 Å². The van der Waals surface area contributed by atoms with Crippen LogP contribution in [0, 0.1) is 6.92 Å². The molecular formula is C9H15N2O2. The van der Waals surface area contributed by atoms with Crippen LogP contribution in [0.25, 0.3) is 0 Å². The van der Waals surface area contributed by atoms with E-state index in [2.05, 4.69) is 11.9 Å². The molecule has 1 aliphatic rings. The Hall–Kier alpha value is -1.03. The summed E-state index contributed by atoms with van der Waals surface area (Å²) in [5.41, 5.74) is 0.985.